The van der Waals surface area contributed by atoms with Gasteiger partial charge in [-0.15, -0.1) is 5.10 Å². The second-order valence-electron chi connectivity index (χ2n) is 6.88. The molecule has 3 heterocycles. The first-order valence-corrected chi connectivity index (χ1v) is 10.1. The van der Waals surface area contributed by atoms with Crippen molar-refractivity contribution in [3.8, 4) is 5.00 Å². The average Bonchev–Trinajstić information content (AvgIpc) is 3.21. The largest absolute Gasteiger partial charge is 0.355 e. The van der Waals surface area contributed by atoms with E-state index in [-0.39, 0.29) is 11.6 Å². The zero-order valence-electron chi connectivity index (χ0n) is 14.9. The highest BCUT2D eigenvalue weighted by Crippen LogP contribution is 2.39. The van der Waals surface area contributed by atoms with Crippen molar-refractivity contribution >= 4 is 39.0 Å². The third-order valence-corrected chi connectivity index (χ3v) is 5.92. The third kappa shape index (κ3) is 3.16. The number of fused-ring (bicyclic) bond motifs is 1. The standard InChI is InChI=1S/C18H16ClN7OS/c1-9(13-7-11-6-12(19)4-5-14(11)22-17(13)27)21-18-20-8-15(28-18)26-16(10-2-3-10)23-24-25-26/h4-10H,2-3H2,1H3,(H,20,21)(H,22,27)/t9-/m1/s1. The number of tetrazole rings is 1. The minimum absolute atomic E-state index is 0.136. The molecule has 0 amide bonds. The van der Waals surface area contributed by atoms with Crippen molar-refractivity contribution in [2.24, 2.45) is 0 Å². The molecule has 1 saturated carbocycles. The molecule has 1 atom stereocenters. The summed E-state index contributed by atoms with van der Waals surface area (Å²) in [6.45, 7) is 1.93. The van der Waals surface area contributed by atoms with Crippen LogP contribution in [0.2, 0.25) is 5.02 Å². The van der Waals surface area contributed by atoms with Crippen LogP contribution >= 0.6 is 22.9 Å². The van der Waals surface area contributed by atoms with Crippen LogP contribution in [0.3, 0.4) is 0 Å². The van der Waals surface area contributed by atoms with Crippen LogP contribution in [-0.4, -0.2) is 30.2 Å². The highest BCUT2D eigenvalue weighted by molar-refractivity contribution is 7.17. The number of H-pyrrole nitrogens is 1. The first kappa shape index (κ1) is 17.3. The Morgan fingerprint density at radius 2 is 2.21 bits per heavy atom. The maximum Gasteiger partial charge on any atom is 0.253 e. The number of hydrogen-bond acceptors (Lipinski definition) is 7. The quantitative estimate of drug-likeness (QED) is 0.517. The van der Waals surface area contributed by atoms with E-state index in [2.05, 4.69) is 30.8 Å². The molecular weight excluding hydrogens is 398 g/mol. The van der Waals surface area contributed by atoms with E-state index in [0.717, 1.165) is 34.6 Å². The average molecular weight is 414 g/mol. The molecule has 1 aromatic carbocycles. The summed E-state index contributed by atoms with van der Waals surface area (Å²) < 4.78 is 1.75. The van der Waals surface area contributed by atoms with Gasteiger partial charge in [-0.25, -0.2) is 4.98 Å². The van der Waals surface area contributed by atoms with Gasteiger partial charge in [0.2, 0.25) is 0 Å². The van der Waals surface area contributed by atoms with Gasteiger partial charge in [-0.3, -0.25) is 4.79 Å². The van der Waals surface area contributed by atoms with Crippen LogP contribution in [-0.2, 0) is 0 Å². The maximum atomic E-state index is 12.5. The fourth-order valence-electron chi connectivity index (χ4n) is 3.16. The summed E-state index contributed by atoms with van der Waals surface area (Å²) in [5, 5.41) is 18.4. The second kappa shape index (κ2) is 6.68. The first-order valence-electron chi connectivity index (χ1n) is 8.92. The molecule has 28 heavy (non-hydrogen) atoms. The van der Waals surface area contributed by atoms with Crippen molar-refractivity contribution in [3.05, 3.63) is 57.2 Å². The Labute approximate surface area is 168 Å². The number of pyridine rings is 1. The molecule has 2 N–H and O–H groups in total. The number of aromatic nitrogens is 6. The topological polar surface area (TPSA) is 101 Å². The van der Waals surface area contributed by atoms with Gasteiger partial charge in [0.05, 0.1) is 12.2 Å². The molecule has 0 bridgehead atoms. The molecule has 8 nitrogen and oxygen atoms in total. The third-order valence-electron chi connectivity index (χ3n) is 4.78. The Morgan fingerprint density at radius 1 is 1.36 bits per heavy atom. The Bertz CT molecular complexity index is 1230. The van der Waals surface area contributed by atoms with Crippen molar-refractivity contribution < 1.29 is 0 Å². The van der Waals surface area contributed by atoms with Gasteiger partial charge in [0, 0.05) is 27.4 Å². The molecule has 1 fully saturated rings. The highest BCUT2D eigenvalue weighted by Gasteiger charge is 2.30. The number of benzene rings is 1. The van der Waals surface area contributed by atoms with Gasteiger partial charge in [-0.05, 0) is 54.5 Å². The van der Waals surface area contributed by atoms with E-state index in [1.807, 2.05) is 19.1 Å². The molecule has 1 aliphatic rings. The zero-order valence-corrected chi connectivity index (χ0v) is 16.5. The number of anilines is 1. The van der Waals surface area contributed by atoms with Gasteiger partial charge in [-0.1, -0.05) is 22.9 Å². The molecule has 10 heteroatoms. The smallest absolute Gasteiger partial charge is 0.253 e. The summed E-state index contributed by atoms with van der Waals surface area (Å²) >= 11 is 7.53. The van der Waals surface area contributed by atoms with Crippen molar-refractivity contribution in [2.45, 2.75) is 31.7 Å². The first-order chi connectivity index (χ1) is 13.6. The number of nitrogens with zero attached hydrogens (tertiary/aromatic N) is 5. The summed E-state index contributed by atoms with van der Waals surface area (Å²) in [5.41, 5.74) is 1.24. The van der Waals surface area contributed by atoms with Gasteiger partial charge in [0.25, 0.3) is 5.56 Å². The number of halogens is 1. The Kier molecular flexibility index (Phi) is 4.13. The minimum atomic E-state index is -0.233. The summed E-state index contributed by atoms with van der Waals surface area (Å²) in [5.74, 6) is 1.32. The molecule has 0 spiro atoms. The summed E-state index contributed by atoms with van der Waals surface area (Å²) in [4.78, 5) is 19.8. The molecule has 0 aliphatic heterocycles. The van der Waals surface area contributed by atoms with Crippen LogP contribution < -0.4 is 10.9 Å². The van der Waals surface area contributed by atoms with Gasteiger partial charge < -0.3 is 10.3 Å². The van der Waals surface area contributed by atoms with Gasteiger partial charge in [0.1, 0.15) is 5.00 Å². The number of hydrogen-bond donors (Lipinski definition) is 2. The molecule has 3 aromatic heterocycles. The van der Waals surface area contributed by atoms with E-state index in [4.69, 9.17) is 11.6 Å². The fraction of sp³-hybridized carbons (Fsp3) is 0.278. The van der Waals surface area contributed by atoms with E-state index < -0.39 is 0 Å². The molecular formula is C18H16ClN7OS. The van der Waals surface area contributed by atoms with Crippen LogP contribution in [0.25, 0.3) is 15.9 Å². The van der Waals surface area contributed by atoms with Crippen LogP contribution in [0.1, 0.15) is 43.1 Å². The fourth-order valence-corrected chi connectivity index (χ4v) is 4.20. The van der Waals surface area contributed by atoms with E-state index in [1.54, 1.807) is 23.0 Å². The van der Waals surface area contributed by atoms with E-state index in [0.29, 0.717) is 21.6 Å². The number of nitrogens with one attached hydrogen (secondary N) is 2. The molecule has 0 unspecified atom stereocenters. The molecule has 5 rings (SSSR count). The summed E-state index contributed by atoms with van der Waals surface area (Å²) in [7, 11) is 0. The van der Waals surface area contributed by atoms with Crippen LogP contribution in [0.5, 0.6) is 0 Å². The monoisotopic (exact) mass is 413 g/mol. The Morgan fingerprint density at radius 3 is 3.04 bits per heavy atom. The second-order valence-corrected chi connectivity index (χ2v) is 8.32. The van der Waals surface area contributed by atoms with Gasteiger partial charge in [-0.2, -0.15) is 4.68 Å². The predicted molar refractivity (Wildman–Crippen MR) is 108 cm³/mol. The number of rotatable bonds is 5. The number of thiazole rings is 1. The van der Waals surface area contributed by atoms with Crippen molar-refractivity contribution in [1.29, 1.82) is 0 Å². The van der Waals surface area contributed by atoms with Crippen LogP contribution in [0, 0.1) is 0 Å². The molecule has 0 radical (unpaired) electrons. The Hall–Kier alpha value is -2.78. The van der Waals surface area contributed by atoms with E-state index in [1.165, 1.54) is 11.3 Å². The normalized spacial score (nSPS) is 15.1. The molecule has 1 aliphatic carbocycles. The lowest BCUT2D eigenvalue weighted by molar-refractivity contribution is 0.772. The van der Waals surface area contributed by atoms with Crippen molar-refractivity contribution in [3.63, 3.8) is 0 Å². The van der Waals surface area contributed by atoms with Crippen LogP contribution in [0.15, 0.2) is 35.3 Å². The highest BCUT2D eigenvalue weighted by atomic mass is 35.5. The SMILES string of the molecule is C[C@@H](Nc1ncc(-n2nnnc2C2CC2)s1)c1cc2cc(Cl)ccc2[nH]c1=O. The van der Waals surface area contributed by atoms with E-state index >= 15 is 0 Å². The molecule has 0 saturated heterocycles. The van der Waals surface area contributed by atoms with Crippen molar-refractivity contribution in [2.75, 3.05) is 5.32 Å². The molecule has 142 valence electrons. The summed E-state index contributed by atoms with van der Waals surface area (Å²) in [6, 6.07) is 7.02. The van der Waals surface area contributed by atoms with Gasteiger partial charge >= 0.3 is 0 Å². The number of aromatic amines is 1. The molecule has 4 aromatic rings. The van der Waals surface area contributed by atoms with Crippen molar-refractivity contribution in [1.82, 2.24) is 30.2 Å². The lowest BCUT2D eigenvalue weighted by Gasteiger charge is -2.13. The lowest BCUT2D eigenvalue weighted by atomic mass is 10.1. The van der Waals surface area contributed by atoms with E-state index in [9.17, 15) is 4.79 Å². The Balaban J connectivity index is 1.41. The summed E-state index contributed by atoms with van der Waals surface area (Å²) in [6.07, 6.45) is 3.98. The lowest BCUT2D eigenvalue weighted by Crippen LogP contribution is -2.19. The van der Waals surface area contributed by atoms with Crippen LogP contribution in [0.4, 0.5) is 5.13 Å². The maximum absolute atomic E-state index is 12.5. The van der Waals surface area contributed by atoms with Gasteiger partial charge in [0.15, 0.2) is 11.0 Å². The minimum Gasteiger partial charge on any atom is -0.355 e. The predicted octanol–water partition coefficient (Wildman–Crippen LogP) is 3.66. The zero-order chi connectivity index (χ0) is 19.3.